The summed E-state index contributed by atoms with van der Waals surface area (Å²) in [7, 11) is 0. The summed E-state index contributed by atoms with van der Waals surface area (Å²) < 4.78 is 0. The van der Waals surface area contributed by atoms with Crippen LogP contribution in [0.15, 0.2) is 24.3 Å². The number of carbonyl (C=O) groups excluding carboxylic acids is 1. The zero-order chi connectivity index (χ0) is 22.1. The van der Waals surface area contributed by atoms with Gasteiger partial charge in [-0.3, -0.25) is 25.0 Å². The Morgan fingerprint density at radius 1 is 0.828 bits per heavy atom. The minimum Gasteiger partial charge on any atom is -0.386 e. The lowest BCUT2D eigenvalue weighted by Gasteiger charge is -2.15. The lowest BCUT2D eigenvalue weighted by atomic mass is 10.00. The van der Waals surface area contributed by atoms with E-state index in [1.807, 2.05) is 13.0 Å². The highest BCUT2D eigenvalue weighted by Crippen LogP contribution is 2.15. The molecule has 9 nitrogen and oxygen atoms in total. The van der Waals surface area contributed by atoms with Gasteiger partial charge in [-0.15, -0.1) is 0 Å². The fourth-order valence-electron chi connectivity index (χ4n) is 2.89. The first-order chi connectivity index (χ1) is 13.8. The van der Waals surface area contributed by atoms with Gasteiger partial charge in [-0.2, -0.15) is 0 Å². The Kier molecular flexibility index (Phi) is 15.6. The van der Waals surface area contributed by atoms with E-state index < -0.39 is 34.1 Å². The second-order valence-electron chi connectivity index (χ2n) is 7.00. The number of allylic oxidation sites excluding steroid dienone is 1. The molecule has 165 valence electrons. The summed E-state index contributed by atoms with van der Waals surface area (Å²) in [6, 6.07) is -2.36. The van der Waals surface area contributed by atoms with Gasteiger partial charge in [0.1, 0.15) is 12.2 Å². The van der Waals surface area contributed by atoms with Gasteiger partial charge in [0, 0.05) is 29.1 Å². The number of nitro groups is 2. The number of rotatable bonds is 18. The predicted octanol–water partition coefficient (Wildman–Crippen LogP) is 3.14. The molecule has 0 amide bonds. The molecule has 0 aliphatic heterocycles. The number of aliphatic hydroxyl groups is 2. The van der Waals surface area contributed by atoms with Gasteiger partial charge < -0.3 is 10.2 Å². The number of aliphatic hydroxyl groups excluding tert-OH is 2. The highest BCUT2D eigenvalue weighted by molar-refractivity contribution is 5.50. The first-order valence-electron chi connectivity index (χ1n) is 10.1. The van der Waals surface area contributed by atoms with Crippen LogP contribution in [0.4, 0.5) is 0 Å². The summed E-state index contributed by atoms with van der Waals surface area (Å²) in [6.45, 7) is 1.92. The fourth-order valence-corrected chi connectivity index (χ4v) is 2.89. The van der Waals surface area contributed by atoms with Gasteiger partial charge in [0.15, 0.2) is 6.29 Å². The van der Waals surface area contributed by atoms with Gasteiger partial charge >= 0.3 is 0 Å². The summed E-state index contributed by atoms with van der Waals surface area (Å²) >= 11 is 0. The molecule has 0 saturated heterocycles. The summed E-state index contributed by atoms with van der Waals surface area (Å²) in [6.07, 6.45) is 10.4. The molecule has 0 rings (SSSR count). The minimum absolute atomic E-state index is 0.0372. The molecule has 0 bridgehead atoms. The van der Waals surface area contributed by atoms with Crippen molar-refractivity contribution in [3.05, 3.63) is 44.5 Å². The summed E-state index contributed by atoms with van der Waals surface area (Å²) in [5.41, 5.74) is 0. The van der Waals surface area contributed by atoms with Crippen LogP contribution >= 0.6 is 0 Å². The van der Waals surface area contributed by atoms with Crippen LogP contribution in [0.5, 0.6) is 0 Å². The van der Waals surface area contributed by atoms with Crippen molar-refractivity contribution in [1.29, 1.82) is 0 Å². The molecule has 4 atom stereocenters. The molecule has 29 heavy (non-hydrogen) atoms. The average Bonchev–Trinajstić information content (AvgIpc) is 2.66. The predicted molar refractivity (Wildman–Crippen MR) is 109 cm³/mol. The zero-order valence-electron chi connectivity index (χ0n) is 17.0. The standard InChI is InChI=1S/C20H33N2O7/c1-2-3-7-14-19(24)17(21(26)27)12-9-10-13-18(22(28)29)20(25)15-8-5-4-6-11-16-23/h3,7,9-10,17-20,24-25H,2,4-6,8,11-15H2,1H3/b7-3-,10-9-. The third-order valence-corrected chi connectivity index (χ3v) is 4.66. The lowest BCUT2D eigenvalue weighted by molar-refractivity contribution is -0.534. The number of nitrogens with zero attached hydrogens (tertiary/aromatic N) is 2. The van der Waals surface area contributed by atoms with Crippen LogP contribution < -0.4 is 0 Å². The van der Waals surface area contributed by atoms with Crippen molar-refractivity contribution in [2.24, 2.45) is 0 Å². The Morgan fingerprint density at radius 3 is 1.86 bits per heavy atom. The van der Waals surface area contributed by atoms with Crippen LogP contribution in [0.2, 0.25) is 0 Å². The Balaban J connectivity index is 4.51. The first kappa shape index (κ1) is 26.9. The maximum Gasteiger partial charge on any atom is 0.242 e. The van der Waals surface area contributed by atoms with Gasteiger partial charge in [-0.05, 0) is 25.7 Å². The van der Waals surface area contributed by atoms with E-state index in [9.17, 15) is 35.2 Å². The third-order valence-electron chi connectivity index (χ3n) is 4.66. The second kappa shape index (κ2) is 16.8. The molecule has 0 aliphatic carbocycles. The van der Waals surface area contributed by atoms with Crippen molar-refractivity contribution in [3.8, 4) is 0 Å². The van der Waals surface area contributed by atoms with E-state index in [2.05, 4.69) is 0 Å². The largest absolute Gasteiger partial charge is 0.386 e. The van der Waals surface area contributed by atoms with Crippen LogP contribution in [0.1, 0.15) is 71.1 Å². The molecule has 0 fully saturated rings. The lowest BCUT2D eigenvalue weighted by Crippen LogP contribution is -2.33. The van der Waals surface area contributed by atoms with E-state index in [1.54, 1.807) is 12.4 Å². The van der Waals surface area contributed by atoms with Gasteiger partial charge in [0.2, 0.25) is 12.1 Å². The van der Waals surface area contributed by atoms with Crippen LogP contribution in [-0.4, -0.2) is 50.6 Å². The second-order valence-corrected chi connectivity index (χ2v) is 7.00. The molecular formula is C20H33N2O7. The van der Waals surface area contributed by atoms with E-state index in [1.165, 1.54) is 12.2 Å². The number of hydrogen-bond donors (Lipinski definition) is 2. The molecule has 0 heterocycles. The smallest absolute Gasteiger partial charge is 0.242 e. The summed E-state index contributed by atoms with van der Waals surface area (Å²) in [5.74, 6) is 0. The van der Waals surface area contributed by atoms with Crippen LogP contribution in [-0.2, 0) is 4.79 Å². The van der Waals surface area contributed by atoms with Crippen molar-refractivity contribution in [3.63, 3.8) is 0 Å². The van der Waals surface area contributed by atoms with Crippen molar-refractivity contribution in [2.45, 2.75) is 95.4 Å². The van der Waals surface area contributed by atoms with Gasteiger partial charge in [-0.25, -0.2) is 0 Å². The molecule has 0 aliphatic rings. The quantitative estimate of drug-likeness (QED) is 0.152. The molecule has 0 spiro atoms. The van der Waals surface area contributed by atoms with Crippen LogP contribution in [0.3, 0.4) is 0 Å². The van der Waals surface area contributed by atoms with Gasteiger partial charge in [-0.1, -0.05) is 50.5 Å². The third kappa shape index (κ3) is 12.8. The topological polar surface area (TPSA) is 144 Å². The van der Waals surface area contributed by atoms with Crippen molar-refractivity contribution in [2.75, 3.05) is 0 Å². The van der Waals surface area contributed by atoms with E-state index in [0.29, 0.717) is 12.8 Å². The molecule has 0 aromatic rings. The maximum absolute atomic E-state index is 11.2. The molecular weight excluding hydrogens is 380 g/mol. The van der Waals surface area contributed by atoms with Crippen molar-refractivity contribution >= 4 is 6.29 Å². The molecule has 1 radical (unpaired) electrons. The van der Waals surface area contributed by atoms with E-state index in [4.69, 9.17) is 0 Å². The van der Waals surface area contributed by atoms with Crippen LogP contribution in [0, 0.1) is 20.2 Å². The highest BCUT2D eigenvalue weighted by atomic mass is 16.6. The Morgan fingerprint density at radius 2 is 1.34 bits per heavy atom. The molecule has 4 unspecified atom stereocenters. The molecule has 0 aromatic carbocycles. The zero-order valence-corrected chi connectivity index (χ0v) is 17.0. The number of hydrogen-bond acceptors (Lipinski definition) is 7. The fraction of sp³-hybridized carbons (Fsp3) is 0.750. The molecule has 0 saturated carbocycles. The average molecular weight is 413 g/mol. The van der Waals surface area contributed by atoms with E-state index in [0.717, 1.165) is 25.7 Å². The van der Waals surface area contributed by atoms with Gasteiger partial charge in [0.05, 0.1) is 0 Å². The maximum atomic E-state index is 11.2. The highest BCUT2D eigenvalue weighted by Gasteiger charge is 2.29. The molecule has 9 heteroatoms. The SMILES string of the molecule is CC/C=C\CC(O)C(C/C=C\CC(C(O)CCCCCC[C]=O)[N+](=O)[O-])[N+](=O)[O-]. The Labute approximate surface area is 171 Å². The van der Waals surface area contributed by atoms with Gasteiger partial charge in [0.25, 0.3) is 0 Å². The normalized spacial score (nSPS) is 16.0. The first-order valence-corrected chi connectivity index (χ1v) is 10.1. The van der Waals surface area contributed by atoms with Crippen LogP contribution in [0.25, 0.3) is 0 Å². The Bertz CT molecular complexity index is 537. The van der Waals surface area contributed by atoms with Crippen molar-refractivity contribution in [1.82, 2.24) is 0 Å². The minimum atomic E-state index is -1.18. The summed E-state index contributed by atoms with van der Waals surface area (Å²) in [5, 5.41) is 42.4. The number of unbranched alkanes of at least 4 members (excludes halogenated alkanes) is 4. The van der Waals surface area contributed by atoms with E-state index >= 15 is 0 Å². The molecule has 2 N–H and O–H groups in total. The van der Waals surface area contributed by atoms with E-state index in [-0.39, 0.29) is 25.7 Å². The van der Waals surface area contributed by atoms with Crippen molar-refractivity contribution < 1.29 is 24.9 Å². The molecule has 0 aromatic heterocycles. The summed E-state index contributed by atoms with van der Waals surface area (Å²) in [4.78, 5) is 31.4. The Hall–Kier alpha value is -2.13. The monoisotopic (exact) mass is 413 g/mol.